The normalized spacial score (nSPS) is 11.4. The lowest BCUT2D eigenvalue weighted by atomic mass is 10.2. The molecule has 0 saturated carbocycles. The molecule has 0 fully saturated rings. The predicted octanol–water partition coefficient (Wildman–Crippen LogP) is 3.37. The van der Waals surface area contributed by atoms with E-state index in [9.17, 15) is 4.79 Å². The molecule has 3 N–H and O–H groups in total. The molecule has 2 aromatic carbocycles. The van der Waals surface area contributed by atoms with Crippen LogP contribution in [-0.4, -0.2) is 31.7 Å². The molecular weight excluding hydrogens is 402 g/mol. The highest BCUT2D eigenvalue weighted by atomic mass is 16.1. The van der Waals surface area contributed by atoms with Crippen molar-refractivity contribution < 1.29 is 4.79 Å². The van der Waals surface area contributed by atoms with Crippen LogP contribution in [0, 0.1) is 0 Å². The van der Waals surface area contributed by atoms with E-state index in [0.29, 0.717) is 28.7 Å². The van der Waals surface area contributed by atoms with Gasteiger partial charge in [-0.05, 0) is 23.8 Å². The van der Waals surface area contributed by atoms with Crippen LogP contribution in [-0.2, 0) is 6.54 Å². The number of para-hydroxylation sites is 2. The molecule has 0 bridgehead atoms. The number of nitrogens with two attached hydrogens (primary N) is 1. The highest BCUT2D eigenvalue weighted by Gasteiger charge is 2.24. The zero-order chi connectivity index (χ0) is 21.9. The van der Waals surface area contributed by atoms with Gasteiger partial charge in [0.1, 0.15) is 16.9 Å². The van der Waals surface area contributed by atoms with Crippen LogP contribution in [0.3, 0.4) is 0 Å². The van der Waals surface area contributed by atoms with Gasteiger partial charge in [0.15, 0.2) is 5.65 Å². The quantitative estimate of drug-likeness (QED) is 0.423. The number of aromatic nitrogens is 4. The molecule has 3 aromatic heterocycles. The van der Waals surface area contributed by atoms with Gasteiger partial charge in [-0.25, -0.2) is 9.97 Å². The second-order valence-corrected chi connectivity index (χ2v) is 7.16. The van der Waals surface area contributed by atoms with Gasteiger partial charge in [-0.15, -0.1) is 0 Å². The van der Waals surface area contributed by atoms with Crippen molar-refractivity contribution in [3.63, 3.8) is 0 Å². The molecule has 32 heavy (non-hydrogen) atoms. The standard InChI is InChI=1S/C24H19N7O/c25-22-20(24(32)27-14-16-7-2-1-3-8-16)21-23(30-19-11-5-4-10-18(19)29-21)31(22)28-15-17-9-6-12-26-13-17/h1-13,15H,14,25H2,(H,27,32). The molecule has 0 unspecified atom stereocenters. The first kappa shape index (κ1) is 19.4. The Morgan fingerprint density at radius 1 is 1.00 bits per heavy atom. The van der Waals surface area contributed by atoms with Crippen molar-refractivity contribution in [3.05, 3.63) is 95.8 Å². The van der Waals surface area contributed by atoms with Crippen LogP contribution in [0.5, 0.6) is 0 Å². The van der Waals surface area contributed by atoms with E-state index in [2.05, 4.69) is 25.4 Å². The predicted molar refractivity (Wildman–Crippen MR) is 124 cm³/mol. The Labute approximate surface area is 183 Å². The number of benzene rings is 2. The van der Waals surface area contributed by atoms with Crippen LogP contribution >= 0.6 is 0 Å². The fourth-order valence-electron chi connectivity index (χ4n) is 3.43. The third-order valence-electron chi connectivity index (χ3n) is 5.00. The van der Waals surface area contributed by atoms with Gasteiger partial charge in [-0.2, -0.15) is 9.78 Å². The number of pyridine rings is 1. The molecule has 5 rings (SSSR count). The van der Waals surface area contributed by atoms with E-state index in [0.717, 1.165) is 11.1 Å². The molecule has 0 aliphatic rings. The Kier molecular flexibility index (Phi) is 5.01. The minimum absolute atomic E-state index is 0.168. The maximum Gasteiger partial charge on any atom is 0.257 e. The van der Waals surface area contributed by atoms with Crippen LogP contribution < -0.4 is 11.1 Å². The van der Waals surface area contributed by atoms with Crippen molar-refractivity contribution in [1.82, 2.24) is 24.9 Å². The summed E-state index contributed by atoms with van der Waals surface area (Å²) in [5.41, 5.74) is 10.6. The molecule has 0 aliphatic carbocycles. The Morgan fingerprint density at radius 3 is 2.50 bits per heavy atom. The molecule has 0 saturated heterocycles. The number of hydrogen-bond acceptors (Lipinski definition) is 6. The zero-order valence-corrected chi connectivity index (χ0v) is 17.0. The van der Waals surface area contributed by atoms with Gasteiger partial charge in [-0.1, -0.05) is 48.5 Å². The molecule has 0 radical (unpaired) electrons. The maximum atomic E-state index is 13.1. The fraction of sp³-hybridized carbons (Fsp3) is 0.0417. The summed E-state index contributed by atoms with van der Waals surface area (Å²) in [5, 5.41) is 7.40. The minimum Gasteiger partial charge on any atom is -0.383 e. The van der Waals surface area contributed by atoms with Crippen LogP contribution in [0.25, 0.3) is 22.2 Å². The Hall–Kier alpha value is -4.59. The minimum atomic E-state index is -0.337. The molecule has 0 atom stereocenters. The van der Waals surface area contributed by atoms with Gasteiger partial charge in [-0.3, -0.25) is 9.78 Å². The number of fused-ring (bicyclic) bond motifs is 2. The van der Waals surface area contributed by atoms with Gasteiger partial charge < -0.3 is 11.1 Å². The van der Waals surface area contributed by atoms with E-state index >= 15 is 0 Å². The average Bonchev–Trinajstić information content (AvgIpc) is 3.11. The van der Waals surface area contributed by atoms with Crippen LogP contribution in [0.4, 0.5) is 5.82 Å². The first-order chi connectivity index (χ1) is 15.7. The first-order valence-electron chi connectivity index (χ1n) is 10.0. The van der Waals surface area contributed by atoms with Crippen molar-refractivity contribution in [2.24, 2.45) is 5.10 Å². The highest BCUT2D eigenvalue weighted by molar-refractivity contribution is 6.10. The van der Waals surface area contributed by atoms with Crippen molar-refractivity contribution in [1.29, 1.82) is 0 Å². The first-order valence-corrected chi connectivity index (χ1v) is 10.0. The lowest BCUT2D eigenvalue weighted by Gasteiger charge is -2.05. The van der Waals surface area contributed by atoms with Crippen LogP contribution in [0.15, 0.2) is 84.2 Å². The number of anilines is 1. The summed E-state index contributed by atoms with van der Waals surface area (Å²) in [6.07, 6.45) is 4.98. The maximum absolute atomic E-state index is 13.1. The van der Waals surface area contributed by atoms with E-state index in [4.69, 9.17) is 5.73 Å². The summed E-state index contributed by atoms with van der Waals surface area (Å²) >= 11 is 0. The Morgan fingerprint density at radius 2 is 1.75 bits per heavy atom. The molecule has 0 aliphatic heterocycles. The molecule has 8 nitrogen and oxygen atoms in total. The molecule has 156 valence electrons. The SMILES string of the molecule is Nc1c(C(=O)NCc2ccccc2)c2nc3ccccc3nc2n1N=Cc1cccnc1. The van der Waals surface area contributed by atoms with E-state index < -0.39 is 0 Å². The fourth-order valence-corrected chi connectivity index (χ4v) is 3.43. The molecule has 1 amide bonds. The summed E-state index contributed by atoms with van der Waals surface area (Å²) in [4.78, 5) is 26.6. The smallest absolute Gasteiger partial charge is 0.257 e. The molecule has 3 heterocycles. The summed E-state index contributed by atoms with van der Waals surface area (Å²) in [5.74, 6) is -0.169. The second-order valence-electron chi connectivity index (χ2n) is 7.16. The molecule has 0 spiro atoms. The van der Waals surface area contributed by atoms with Crippen molar-refractivity contribution in [2.45, 2.75) is 6.54 Å². The van der Waals surface area contributed by atoms with E-state index in [1.54, 1.807) is 18.6 Å². The Balaban J connectivity index is 1.61. The highest BCUT2D eigenvalue weighted by Crippen LogP contribution is 2.27. The number of carbonyl (C=O) groups excluding carboxylic acids is 1. The van der Waals surface area contributed by atoms with Gasteiger partial charge in [0.05, 0.1) is 17.2 Å². The average molecular weight is 421 g/mol. The van der Waals surface area contributed by atoms with Gasteiger partial charge in [0.25, 0.3) is 5.91 Å². The van der Waals surface area contributed by atoms with Gasteiger partial charge >= 0.3 is 0 Å². The van der Waals surface area contributed by atoms with Crippen molar-refractivity contribution >= 4 is 40.1 Å². The third kappa shape index (κ3) is 3.65. The number of amides is 1. The number of hydrogen-bond donors (Lipinski definition) is 2. The summed E-state index contributed by atoms with van der Waals surface area (Å²) in [6, 6.07) is 20.8. The monoisotopic (exact) mass is 421 g/mol. The van der Waals surface area contributed by atoms with E-state index in [-0.39, 0.29) is 17.3 Å². The summed E-state index contributed by atoms with van der Waals surface area (Å²) < 4.78 is 1.44. The zero-order valence-electron chi connectivity index (χ0n) is 17.0. The van der Waals surface area contributed by atoms with Crippen molar-refractivity contribution in [2.75, 3.05) is 5.73 Å². The summed E-state index contributed by atoms with van der Waals surface area (Å²) in [7, 11) is 0. The number of carbonyl (C=O) groups is 1. The van der Waals surface area contributed by atoms with E-state index in [1.165, 1.54) is 4.68 Å². The number of rotatable bonds is 5. The lowest BCUT2D eigenvalue weighted by Crippen LogP contribution is -2.23. The number of nitrogens with one attached hydrogen (secondary N) is 1. The number of nitrogens with zero attached hydrogens (tertiary/aromatic N) is 5. The third-order valence-corrected chi connectivity index (χ3v) is 5.00. The summed E-state index contributed by atoms with van der Waals surface area (Å²) in [6.45, 7) is 0.367. The van der Waals surface area contributed by atoms with Gasteiger partial charge in [0, 0.05) is 24.5 Å². The van der Waals surface area contributed by atoms with Crippen LogP contribution in [0.1, 0.15) is 21.5 Å². The Bertz CT molecular complexity index is 1440. The van der Waals surface area contributed by atoms with Crippen LogP contribution in [0.2, 0.25) is 0 Å². The van der Waals surface area contributed by atoms with Gasteiger partial charge in [0.2, 0.25) is 0 Å². The number of nitrogen functional groups attached to an aromatic ring is 1. The molecule has 8 heteroatoms. The van der Waals surface area contributed by atoms with Crippen molar-refractivity contribution in [3.8, 4) is 0 Å². The largest absolute Gasteiger partial charge is 0.383 e. The molecule has 5 aromatic rings. The topological polar surface area (TPSA) is 111 Å². The second kappa shape index (κ2) is 8.27. The lowest BCUT2D eigenvalue weighted by molar-refractivity contribution is 0.0953. The molecular formula is C24H19N7O. The van der Waals surface area contributed by atoms with E-state index in [1.807, 2.05) is 66.7 Å².